The molecule has 0 aliphatic carbocycles. The van der Waals surface area contributed by atoms with Gasteiger partial charge in [-0.3, -0.25) is 9.59 Å². The summed E-state index contributed by atoms with van der Waals surface area (Å²) in [6.45, 7) is 5.37. The SMILES string of the molecule is CCC(C)(C)NC(=O)C(c1ccccc1F)N(Cc1ccc(F)cc1)C(=O)Cn1nnc2ccccc21. The van der Waals surface area contributed by atoms with Gasteiger partial charge in [0.15, 0.2) is 0 Å². The summed E-state index contributed by atoms with van der Waals surface area (Å²) in [6, 6.07) is 17.4. The van der Waals surface area contributed by atoms with Crippen molar-refractivity contribution in [2.45, 2.75) is 51.9 Å². The lowest BCUT2D eigenvalue weighted by Crippen LogP contribution is -2.50. The Hall–Kier alpha value is -4.14. The van der Waals surface area contributed by atoms with Crippen LogP contribution in [0.15, 0.2) is 72.8 Å². The van der Waals surface area contributed by atoms with Gasteiger partial charge < -0.3 is 10.2 Å². The van der Waals surface area contributed by atoms with E-state index in [2.05, 4.69) is 15.6 Å². The number of rotatable bonds is 9. The lowest BCUT2D eigenvalue weighted by Gasteiger charge is -2.34. The number of hydrogen-bond acceptors (Lipinski definition) is 4. The lowest BCUT2D eigenvalue weighted by molar-refractivity contribution is -0.143. The molecule has 1 N–H and O–H groups in total. The van der Waals surface area contributed by atoms with Gasteiger partial charge in [-0.25, -0.2) is 13.5 Å². The molecule has 1 heterocycles. The van der Waals surface area contributed by atoms with Gasteiger partial charge in [-0.05, 0) is 56.2 Å². The molecule has 0 fully saturated rings. The molecule has 192 valence electrons. The third kappa shape index (κ3) is 5.99. The van der Waals surface area contributed by atoms with Crippen LogP contribution < -0.4 is 5.32 Å². The molecule has 1 unspecified atom stereocenters. The summed E-state index contributed by atoms with van der Waals surface area (Å²) in [6.07, 6.45) is 0.625. The molecule has 7 nitrogen and oxygen atoms in total. The van der Waals surface area contributed by atoms with E-state index >= 15 is 4.39 Å². The zero-order valence-corrected chi connectivity index (χ0v) is 21.0. The Labute approximate surface area is 214 Å². The molecule has 0 aliphatic rings. The number of amides is 2. The Bertz CT molecular complexity index is 1400. The highest BCUT2D eigenvalue weighted by molar-refractivity contribution is 5.89. The zero-order valence-electron chi connectivity index (χ0n) is 21.0. The van der Waals surface area contributed by atoms with Gasteiger partial charge in [0.1, 0.15) is 29.7 Å². The molecule has 0 saturated heterocycles. The molecule has 0 saturated carbocycles. The molecule has 1 atom stereocenters. The second-order valence-corrected chi connectivity index (χ2v) is 9.53. The van der Waals surface area contributed by atoms with Gasteiger partial charge in [0.25, 0.3) is 0 Å². The van der Waals surface area contributed by atoms with E-state index in [0.717, 1.165) is 0 Å². The van der Waals surface area contributed by atoms with Crippen molar-refractivity contribution in [3.05, 3.63) is 95.6 Å². The van der Waals surface area contributed by atoms with Gasteiger partial charge in [-0.1, -0.05) is 54.6 Å². The van der Waals surface area contributed by atoms with Gasteiger partial charge in [-0.15, -0.1) is 5.10 Å². The van der Waals surface area contributed by atoms with E-state index in [9.17, 15) is 14.0 Å². The molecule has 37 heavy (non-hydrogen) atoms. The van der Waals surface area contributed by atoms with E-state index in [1.165, 1.54) is 52.0 Å². The first-order chi connectivity index (χ1) is 17.7. The van der Waals surface area contributed by atoms with Crippen LogP contribution in [0.4, 0.5) is 8.78 Å². The van der Waals surface area contributed by atoms with Crippen molar-refractivity contribution < 1.29 is 18.4 Å². The molecular weight excluding hydrogens is 476 g/mol. The van der Waals surface area contributed by atoms with E-state index in [-0.39, 0.29) is 18.7 Å². The minimum absolute atomic E-state index is 0.0509. The van der Waals surface area contributed by atoms with Crippen LogP contribution in [-0.2, 0) is 22.7 Å². The summed E-state index contributed by atoms with van der Waals surface area (Å²) in [4.78, 5) is 28.9. The number of carbonyl (C=O) groups is 2. The minimum atomic E-state index is -1.28. The first-order valence-corrected chi connectivity index (χ1v) is 12.1. The van der Waals surface area contributed by atoms with Crippen molar-refractivity contribution in [2.75, 3.05) is 0 Å². The molecule has 0 spiro atoms. The second-order valence-electron chi connectivity index (χ2n) is 9.53. The predicted molar refractivity (Wildman–Crippen MR) is 136 cm³/mol. The Morgan fingerprint density at radius 3 is 2.38 bits per heavy atom. The molecule has 0 bridgehead atoms. The van der Waals surface area contributed by atoms with Gasteiger partial charge in [-0.2, -0.15) is 0 Å². The summed E-state index contributed by atoms with van der Waals surface area (Å²) in [5.41, 5.74) is 1.32. The lowest BCUT2D eigenvalue weighted by atomic mass is 9.98. The summed E-state index contributed by atoms with van der Waals surface area (Å²) >= 11 is 0. The standard InChI is InChI=1S/C28H29F2N5O2/c1-4-28(2,3)31-27(37)26(21-9-5-6-10-22(21)30)34(17-19-13-15-20(29)16-14-19)25(36)18-35-24-12-8-7-11-23(24)32-33-35/h5-16,26H,4,17-18H2,1-3H3,(H,31,37). The molecule has 4 aromatic rings. The summed E-state index contributed by atoms with van der Waals surface area (Å²) in [5, 5.41) is 11.2. The molecule has 9 heteroatoms. The molecule has 0 radical (unpaired) electrons. The monoisotopic (exact) mass is 505 g/mol. The van der Waals surface area contributed by atoms with Crippen molar-refractivity contribution in [1.82, 2.24) is 25.2 Å². The Morgan fingerprint density at radius 2 is 1.68 bits per heavy atom. The normalized spacial score (nSPS) is 12.4. The van der Waals surface area contributed by atoms with Crippen LogP contribution in [0.1, 0.15) is 44.4 Å². The van der Waals surface area contributed by atoms with Crippen LogP contribution >= 0.6 is 0 Å². The maximum atomic E-state index is 15.1. The van der Waals surface area contributed by atoms with Gasteiger partial charge >= 0.3 is 0 Å². The molecule has 3 aromatic carbocycles. The highest BCUT2D eigenvalue weighted by Gasteiger charge is 2.35. The van der Waals surface area contributed by atoms with E-state index < -0.39 is 35.0 Å². The first-order valence-electron chi connectivity index (χ1n) is 12.1. The van der Waals surface area contributed by atoms with Gasteiger partial charge in [0.05, 0.1) is 5.52 Å². The molecule has 1 aromatic heterocycles. The number of para-hydroxylation sites is 1. The smallest absolute Gasteiger partial charge is 0.247 e. The van der Waals surface area contributed by atoms with E-state index in [1.807, 2.05) is 32.9 Å². The van der Waals surface area contributed by atoms with Crippen LogP contribution in [0.5, 0.6) is 0 Å². The van der Waals surface area contributed by atoms with Crippen molar-refractivity contribution in [3.8, 4) is 0 Å². The zero-order chi connectivity index (χ0) is 26.6. The highest BCUT2D eigenvalue weighted by Crippen LogP contribution is 2.28. The fourth-order valence-electron chi connectivity index (χ4n) is 4.00. The second kappa shape index (κ2) is 10.9. The fraction of sp³-hybridized carbons (Fsp3) is 0.286. The van der Waals surface area contributed by atoms with E-state index in [4.69, 9.17) is 0 Å². The fourth-order valence-corrected chi connectivity index (χ4v) is 4.00. The van der Waals surface area contributed by atoms with E-state index in [0.29, 0.717) is 23.0 Å². The number of halogens is 2. The number of aromatic nitrogens is 3. The quantitative estimate of drug-likeness (QED) is 0.355. The van der Waals surface area contributed by atoms with Gasteiger partial charge in [0, 0.05) is 17.6 Å². The number of nitrogens with one attached hydrogen (secondary N) is 1. The van der Waals surface area contributed by atoms with Crippen LogP contribution in [0.25, 0.3) is 11.0 Å². The highest BCUT2D eigenvalue weighted by atomic mass is 19.1. The summed E-state index contributed by atoms with van der Waals surface area (Å²) in [5.74, 6) is -2.03. The molecular formula is C28H29F2N5O2. The Morgan fingerprint density at radius 1 is 1.00 bits per heavy atom. The topological polar surface area (TPSA) is 80.1 Å². The Kier molecular flexibility index (Phi) is 7.61. The number of nitrogens with zero attached hydrogens (tertiary/aromatic N) is 4. The number of carbonyl (C=O) groups excluding carboxylic acids is 2. The number of fused-ring (bicyclic) bond motifs is 1. The Balaban J connectivity index is 1.78. The summed E-state index contributed by atoms with van der Waals surface area (Å²) in [7, 11) is 0. The number of hydrogen-bond donors (Lipinski definition) is 1. The first kappa shape index (κ1) is 25.9. The largest absolute Gasteiger partial charge is 0.349 e. The van der Waals surface area contributed by atoms with E-state index in [1.54, 1.807) is 18.2 Å². The maximum Gasteiger partial charge on any atom is 0.247 e. The molecule has 0 aliphatic heterocycles. The molecule has 4 rings (SSSR count). The van der Waals surface area contributed by atoms with Crippen molar-refractivity contribution in [2.24, 2.45) is 0 Å². The van der Waals surface area contributed by atoms with Crippen molar-refractivity contribution in [1.29, 1.82) is 0 Å². The van der Waals surface area contributed by atoms with Crippen LogP contribution in [-0.4, -0.2) is 37.2 Å². The van der Waals surface area contributed by atoms with Crippen LogP contribution in [0.3, 0.4) is 0 Å². The average Bonchev–Trinajstić information content (AvgIpc) is 3.28. The van der Waals surface area contributed by atoms with Gasteiger partial charge in [0.2, 0.25) is 11.8 Å². The summed E-state index contributed by atoms with van der Waals surface area (Å²) < 4.78 is 30.2. The molecule has 2 amide bonds. The third-order valence-electron chi connectivity index (χ3n) is 6.40. The average molecular weight is 506 g/mol. The minimum Gasteiger partial charge on any atom is -0.349 e. The van der Waals surface area contributed by atoms with Crippen LogP contribution in [0, 0.1) is 11.6 Å². The third-order valence-corrected chi connectivity index (χ3v) is 6.40. The number of benzene rings is 3. The van der Waals surface area contributed by atoms with Crippen molar-refractivity contribution in [3.63, 3.8) is 0 Å². The van der Waals surface area contributed by atoms with Crippen molar-refractivity contribution >= 4 is 22.8 Å². The predicted octanol–water partition coefficient (Wildman–Crippen LogP) is 4.78. The van der Waals surface area contributed by atoms with Crippen LogP contribution in [0.2, 0.25) is 0 Å². The maximum absolute atomic E-state index is 15.1.